The van der Waals surface area contributed by atoms with E-state index >= 15 is 0 Å². The Bertz CT molecular complexity index is 1090. The van der Waals surface area contributed by atoms with Gasteiger partial charge in [0.05, 0.1) is 23.6 Å². The van der Waals surface area contributed by atoms with Crippen LogP contribution in [0.15, 0.2) is 27.5 Å². The van der Waals surface area contributed by atoms with E-state index in [1.807, 2.05) is 0 Å². The van der Waals surface area contributed by atoms with Gasteiger partial charge in [-0.05, 0) is 24.1 Å². The lowest BCUT2D eigenvalue weighted by Gasteiger charge is -2.36. The molecule has 0 aliphatic carbocycles. The molecule has 14 heteroatoms. The number of carbonyl (C=O) groups excluding carboxylic acids is 1. The topological polar surface area (TPSA) is 115 Å². The van der Waals surface area contributed by atoms with Crippen molar-refractivity contribution < 1.29 is 39.9 Å². The van der Waals surface area contributed by atoms with Crippen LogP contribution in [0.3, 0.4) is 0 Å². The van der Waals surface area contributed by atoms with Crippen LogP contribution in [0, 0.1) is 0 Å². The van der Waals surface area contributed by atoms with Gasteiger partial charge in [-0.2, -0.15) is 21.9 Å². The molecule has 0 bridgehead atoms. The van der Waals surface area contributed by atoms with E-state index in [1.165, 1.54) is 18.2 Å². The van der Waals surface area contributed by atoms with Gasteiger partial charge in [0.1, 0.15) is 0 Å². The summed E-state index contributed by atoms with van der Waals surface area (Å²) in [7, 11) is -4.10. The third-order valence-electron chi connectivity index (χ3n) is 5.08. The molecule has 1 aromatic carbocycles. The largest absolute Gasteiger partial charge is 0.415 e. The van der Waals surface area contributed by atoms with E-state index in [0.717, 1.165) is 4.31 Å². The molecule has 168 valence electrons. The van der Waals surface area contributed by atoms with E-state index < -0.39 is 46.8 Å². The molecule has 4 rings (SSSR count). The second-order valence-electron chi connectivity index (χ2n) is 6.97. The van der Waals surface area contributed by atoms with E-state index in [0.29, 0.717) is 5.56 Å². The minimum atomic E-state index is -4.10. The first-order chi connectivity index (χ1) is 14.7. The number of nitrogens with zero attached hydrogens (tertiary/aromatic N) is 3. The van der Waals surface area contributed by atoms with Crippen molar-refractivity contribution in [3.63, 3.8) is 0 Å². The Morgan fingerprint density at radius 3 is 2.68 bits per heavy atom. The molecular weight excluding hydrogens is 448 g/mol. The molecule has 1 amide bonds. The molecule has 2 aliphatic rings. The van der Waals surface area contributed by atoms with Gasteiger partial charge in [0.2, 0.25) is 15.9 Å². The third kappa shape index (κ3) is 4.02. The van der Waals surface area contributed by atoms with Gasteiger partial charge in [-0.1, -0.05) is 6.07 Å². The van der Waals surface area contributed by atoms with Gasteiger partial charge >= 0.3 is 12.9 Å². The first-order valence-corrected chi connectivity index (χ1v) is 10.6. The second-order valence-corrected chi connectivity index (χ2v) is 8.82. The summed E-state index contributed by atoms with van der Waals surface area (Å²) in [6, 6.07) is 2.40. The van der Waals surface area contributed by atoms with Crippen molar-refractivity contribution in [3.05, 3.63) is 29.7 Å². The molecule has 9 nitrogen and oxygen atoms in total. The van der Waals surface area contributed by atoms with E-state index in [-0.39, 0.29) is 42.5 Å². The number of alkyl halides is 4. The Balaban J connectivity index is 1.62. The number of carbonyl (C=O) groups is 1. The standard InChI is InChI=1S/C17H16F4N4O5S/c18-13(19)15(26)22-10-3-4-29-7-11(10)25-6-9-2-1-8(5-12(9)31(25,27)28)16-23-24-17(30-16)14(20)21/h1-2,5,10-11,13-14H,3-4,6-7H2,(H,22,26)/t10-,11-/m1/s1. The molecule has 0 spiro atoms. The van der Waals surface area contributed by atoms with Gasteiger partial charge in [0.15, 0.2) is 0 Å². The molecule has 1 saturated heterocycles. The van der Waals surface area contributed by atoms with Crippen molar-refractivity contribution in [3.8, 4) is 11.5 Å². The normalized spacial score (nSPS) is 23.3. The molecular formula is C17H16F4N4O5S. The Labute approximate surface area is 173 Å². The average molecular weight is 464 g/mol. The lowest BCUT2D eigenvalue weighted by atomic mass is 10.0. The number of benzene rings is 1. The molecule has 2 aromatic rings. The zero-order valence-corrected chi connectivity index (χ0v) is 16.5. The SMILES string of the molecule is O=C(N[C@@H]1CCOC[C@H]1N1Cc2ccc(-c3nnc(C(F)F)o3)cc2S1(=O)=O)C(F)F. The third-order valence-corrected chi connectivity index (χ3v) is 7.03. The van der Waals surface area contributed by atoms with Gasteiger partial charge in [-0.15, -0.1) is 10.2 Å². The number of amides is 1. The van der Waals surface area contributed by atoms with E-state index in [2.05, 4.69) is 15.5 Å². The van der Waals surface area contributed by atoms with Crippen molar-refractivity contribution >= 4 is 15.9 Å². The summed E-state index contributed by atoms with van der Waals surface area (Å²) in [5.41, 5.74) is 0.535. The fraction of sp³-hybridized carbons (Fsp3) is 0.471. The van der Waals surface area contributed by atoms with Crippen LogP contribution in [-0.4, -0.2) is 60.6 Å². The van der Waals surface area contributed by atoms with Crippen LogP contribution in [-0.2, 0) is 26.1 Å². The van der Waals surface area contributed by atoms with Crippen molar-refractivity contribution in [2.75, 3.05) is 13.2 Å². The number of rotatable bonds is 5. The minimum Gasteiger partial charge on any atom is -0.415 e. The molecule has 1 fully saturated rings. The maximum atomic E-state index is 13.2. The summed E-state index contributed by atoms with van der Waals surface area (Å²) < 4.78 is 88.3. The van der Waals surface area contributed by atoms with Crippen LogP contribution in [0.5, 0.6) is 0 Å². The summed E-state index contributed by atoms with van der Waals surface area (Å²) in [4.78, 5) is 11.4. The smallest absolute Gasteiger partial charge is 0.315 e. The lowest BCUT2D eigenvalue weighted by molar-refractivity contribution is -0.133. The summed E-state index contributed by atoms with van der Waals surface area (Å²) in [6.07, 6.45) is -6.04. The monoisotopic (exact) mass is 464 g/mol. The molecule has 3 heterocycles. The van der Waals surface area contributed by atoms with E-state index in [4.69, 9.17) is 9.15 Å². The minimum absolute atomic E-state index is 0.0703. The Hall–Kier alpha value is -2.58. The number of hydrogen-bond acceptors (Lipinski definition) is 7. The van der Waals surface area contributed by atoms with Gasteiger partial charge < -0.3 is 14.5 Å². The number of fused-ring (bicyclic) bond motifs is 1. The Kier molecular flexibility index (Phi) is 5.70. The first kappa shape index (κ1) is 21.6. The predicted molar refractivity (Wildman–Crippen MR) is 94.6 cm³/mol. The van der Waals surface area contributed by atoms with Gasteiger partial charge in [0.25, 0.3) is 11.8 Å². The predicted octanol–water partition coefficient (Wildman–Crippen LogP) is 1.72. The molecule has 2 atom stereocenters. The summed E-state index contributed by atoms with van der Waals surface area (Å²) in [6.45, 7) is 0.0219. The highest BCUT2D eigenvalue weighted by Gasteiger charge is 2.44. The number of aromatic nitrogens is 2. The number of nitrogens with one attached hydrogen (secondary N) is 1. The van der Waals surface area contributed by atoms with Crippen LogP contribution in [0.4, 0.5) is 17.6 Å². The van der Waals surface area contributed by atoms with Crippen molar-refractivity contribution in [2.24, 2.45) is 0 Å². The number of sulfonamides is 1. The Morgan fingerprint density at radius 2 is 2.00 bits per heavy atom. The fourth-order valence-electron chi connectivity index (χ4n) is 3.59. The zero-order chi connectivity index (χ0) is 22.3. The first-order valence-electron chi connectivity index (χ1n) is 9.11. The van der Waals surface area contributed by atoms with Crippen molar-refractivity contribution in [1.29, 1.82) is 0 Å². The molecule has 0 saturated carbocycles. The van der Waals surface area contributed by atoms with Crippen LogP contribution < -0.4 is 5.32 Å². The zero-order valence-electron chi connectivity index (χ0n) is 15.7. The molecule has 31 heavy (non-hydrogen) atoms. The van der Waals surface area contributed by atoms with Crippen LogP contribution in [0.25, 0.3) is 11.5 Å². The summed E-state index contributed by atoms with van der Waals surface area (Å²) in [5.74, 6) is -2.65. The highest BCUT2D eigenvalue weighted by atomic mass is 32.2. The Morgan fingerprint density at radius 1 is 1.23 bits per heavy atom. The van der Waals surface area contributed by atoms with Crippen molar-refractivity contribution in [2.45, 2.75) is 42.8 Å². The lowest BCUT2D eigenvalue weighted by Crippen LogP contribution is -2.57. The van der Waals surface area contributed by atoms with Gasteiger partial charge in [-0.25, -0.2) is 8.42 Å². The number of hydrogen-bond donors (Lipinski definition) is 1. The van der Waals surface area contributed by atoms with E-state index in [9.17, 15) is 30.8 Å². The average Bonchev–Trinajstić information content (AvgIpc) is 3.32. The maximum Gasteiger partial charge on any atom is 0.315 e. The van der Waals surface area contributed by atoms with Crippen LogP contribution in [0.1, 0.15) is 24.3 Å². The second kappa shape index (κ2) is 8.16. The molecule has 1 N–H and O–H groups in total. The molecule has 0 radical (unpaired) electrons. The van der Waals surface area contributed by atoms with Crippen LogP contribution in [0.2, 0.25) is 0 Å². The summed E-state index contributed by atoms with van der Waals surface area (Å²) >= 11 is 0. The number of halogens is 4. The van der Waals surface area contributed by atoms with Gasteiger partial charge in [0, 0.05) is 18.7 Å². The number of ether oxygens (including phenoxy) is 1. The maximum absolute atomic E-state index is 13.2. The summed E-state index contributed by atoms with van der Waals surface area (Å²) in [5, 5.41) is 8.91. The van der Waals surface area contributed by atoms with E-state index in [1.54, 1.807) is 0 Å². The van der Waals surface area contributed by atoms with Crippen molar-refractivity contribution in [1.82, 2.24) is 19.8 Å². The molecule has 0 unspecified atom stereocenters. The highest BCUT2D eigenvalue weighted by Crippen LogP contribution is 2.36. The van der Waals surface area contributed by atoms with Gasteiger partial charge in [-0.3, -0.25) is 4.79 Å². The van der Waals surface area contributed by atoms with Crippen LogP contribution >= 0.6 is 0 Å². The highest BCUT2D eigenvalue weighted by molar-refractivity contribution is 7.89. The fourth-order valence-corrected chi connectivity index (χ4v) is 5.46. The molecule has 2 aliphatic heterocycles. The quantitative estimate of drug-likeness (QED) is 0.670. The molecule has 1 aromatic heterocycles.